The molecule has 2 aromatic heterocycles. The number of anilines is 2. The monoisotopic (exact) mass is 297 g/mol. The number of rotatable bonds is 4. The van der Waals surface area contributed by atoms with Crippen molar-refractivity contribution in [1.29, 1.82) is 0 Å². The van der Waals surface area contributed by atoms with Gasteiger partial charge in [0.25, 0.3) is 5.91 Å². The minimum Gasteiger partial charge on any atom is -0.370 e. The number of aromatic nitrogens is 1. The summed E-state index contributed by atoms with van der Waals surface area (Å²) in [6, 6.07) is 11.5. The maximum atomic E-state index is 12.4. The van der Waals surface area contributed by atoms with Gasteiger partial charge < -0.3 is 10.6 Å². The van der Waals surface area contributed by atoms with Crippen molar-refractivity contribution in [3.8, 4) is 0 Å². The van der Waals surface area contributed by atoms with Crippen molar-refractivity contribution in [2.75, 3.05) is 17.2 Å². The molecule has 0 saturated heterocycles. The predicted octanol–water partition coefficient (Wildman–Crippen LogP) is 3.98. The first-order valence-corrected chi connectivity index (χ1v) is 7.63. The number of nitrogens with zero attached hydrogens (tertiary/aromatic N) is 1. The zero-order valence-corrected chi connectivity index (χ0v) is 12.4. The van der Waals surface area contributed by atoms with Crippen molar-refractivity contribution >= 4 is 38.8 Å². The van der Waals surface area contributed by atoms with Gasteiger partial charge in [0.1, 0.15) is 5.82 Å². The van der Waals surface area contributed by atoms with Gasteiger partial charge in [0.05, 0.1) is 5.56 Å². The third-order valence-corrected chi connectivity index (χ3v) is 4.00. The van der Waals surface area contributed by atoms with E-state index in [-0.39, 0.29) is 5.91 Å². The zero-order valence-electron chi connectivity index (χ0n) is 11.6. The molecule has 1 aromatic carbocycles. The molecule has 5 heteroatoms. The molecule has 0 spiro atoms. The summed E-state index contributed by atoms with van der Waals surface area (Å²) in [4.78, 5) is 16.6. The second kappa shape index (κ2) is 5.93. The summed E-state index contributed by atoms with van der Waals surface area (Å²) in [5.41, 5.74) is 1.34. The fourth-order valence-corrected chi connectivity index (χ4v) is 2.91. The molecule has 3 aromatic rings. The van der Waals surface area contributed by atoms with E-state index >= 15 is 0 Å². The first-order valence-electron chi connectivity index (χ1n) is 6.75. The van der Waals surface area contributed by atoms with E-state index in [4.69, 9.17) is 0 Å². The smallest absolute Gasteiger partial charge is 0.259 e. The quantitative estimate of drug-likeness (QED) is 0.766. The Morgan fingerprint density at radius 1 is 1.29 bits per heavy atom. The second-order valence-electron chi connectivity index (χ2n) is 4.56. The fourth-order valence-electron chi connectivity index (χ4n) is 2.14. The summed E-state index contributed by atoms with van der Waals surface area (Å²) in [5, 5.41) is 9.20. The van der Waals surface area contributed by atoms with Crippen LogP contribution in [-0.2, 0) is 0 Å². The Kier molecular flexibility index (Phi) is 3.83. The van der Waals surface area contributed by atoms with Crippen LogP contribution in [-0.4, -0.2) is 17.4 Å². The lowest BCUT2D eigenvalue weighted by atomic mass is 10.2. The van der Waals surface area contributed by atoms with Gasteiger partial charge in [-0.15, -0.1) is 11.3 Å². The summed E-state index contributed by atoms with van der Waals surface area (Å²) >= 11 is 1.69. The van der Waals surface area contributed by atoms with Crippen LogP contribution in [0.5, 0.6) is 0 Å². The van der Waals surface area contributed by atoms with Crippen LogP contribution in [0.2, 0.25) is 0 Å². The van der Waals surface area contributed by atoms with Gasteiger partial charge >= 0.3 is 0 Å². The van der Waals surface area contributed by atoms with Gasteiger partial charge in [-0.1, -0.05) is 0 Å². The Hall–Kier alpha value is -2.40. The number of nitrogens with one attached hydrogen (secondary N) is 2. The highest BCUT2D eigenvalue weighted by molar-refractivity contribution is 7.17. The van der Waals surface area contributed by atoms with Crippen LogP contribution in [0.1, 0.15) is 17.3 Å². The van der Waals surface area contributed by atoms with Gasteiger partial charge in [0.2, 0.25) is 0 Å². The number of thiophene rings is 1. The van der Waals surface area contributed by atoms with Gasteiger partial charge in [-0.2, -0.15) is 0 Å². The fraction of sp³-hybridized carbons (Fsp3) is 0.125. The van der Waals surface area contributed by atoms with E-state index in [1.807, 2.05) is 36.6 Å². The van der Waals surface area contributed by atoms with E-state index in [0.29, 0.717) is 11.4 Å². The van der Waals surface area contributed by atoms with Crippen LogP contribution in [0.4, 0.5) is 11.5 Å². The zero-order chi connectivity index (χ0) is 14.7. The van der Waals surface area contributed by atoms with Crippen LogP contribution in [0.3, 0.4) is 0 Å². The van der Waals surface area contributed by atoms with Crippen LogP contribution < -0.4 is 10.6 Å². The molecule has 0 aliphatic heterocycles. The first-order chi connectivity index (χ1) is 10.3. The van der Waals surface area contributed by atoms with E-state index in [1.165, 1.54) is 4.70 Å². The first kappa shape index (κ1) is 13.6. The molecule has 0 fully saturated rings. The minimum absolute atomic E-state index is 0.159. The summed E-state index contributed by atoms with van der Waals surface area (Å²) in [7, 11) is 0. The number of pyridine rings is 1. The molecule has 2 heterocycles. The Labute approximate surface area is 126 Å². The number of hydrogen-bond donors (Lipinski definition) is 2. The van der Waals surface area contributed by atoms with Gasteiger partial charge in [-0.25, -0.2) is 4.98 Å². The number of benzene rings is 1. The highest BCUT2D eigenvalue weighted by Crippen LogP contribution is 2.24. The largest absolute Gasteiger partial charge is 0.370 e. The number of carbonyl (C=O) groups excluding carboxylic acids is 1. The van der Waals surface area contributed by atoms with Crippen LogP contribution in [0.15, 0.2) is 48.0 Å². The molecule has 0 saturated carbocycles. The highest BCUT2D eigenvalue weighted by Gasteiger charge is 2.12. The molecule has 0 aliphatic carbocycles. The molecule has 0 atom stereocenters. The normalized spacial score (nSPS) is 10.5. The highest BCUT2D eigenvalue weighted by atomic mass is 32.1. The van der Waals surface area contributed by atoms with Crippen LogP contribution in [0, 0.1) is 0 Å². The molecule has 0 bridgehead atoms. The van der Waals surface area contributed by atoms with Gasteiger partial charge in [-0.3, -0.25) is 4.79 Å². The van der Waals surface area contributed by atoms with E-state index < -0.39 is 0 Å². The van der Waals surface area contributed by atoms with Crippen molar-refractivity contribution in [2.24, 2.45) is 0 Å². The molecule has 1 amide bonds. The third kappa shape index (κ3) is 2.87. The van der Waals surface area contributed by atoms with Crippen molar-refractivity contribution in [3.05, 3.63) is 53.5 Å². The molecule has 0 unspecified atom stereocenters. The maximum absolute atomic E-state index is 12.4. The summed E-state index contributed by atoms with van der Waals surface area (Å²) in [6.07, 6.45) is 1.67. The molecule has 2 N–H and O–H groups in total. The molecular weight excluding hydrogens is 282 g/mol. The standard InChI is InChI=1S/C16H15N3OS/c1-2-17-15-13(4-3-8-18-15)16(20)19-12-5-6-14-11(10-12)7-9-21-14/h3-10H,2H2,1H3,(H,17,18)(H,19,20). The summed E-state index contributed by atoms with van der Waals surface area (Å²) in [6.45, 7) is 2.69. The van der Waals surface area contributed by atoms with E-state index in [0.717, 1.165) is 17.6 Å². The molecule has 0 aliphatic rings. The molecule has 0 radical (unpaired) electrons. The third-order valence-electron chi connectivity index (χ3n) is 3.11. The molecular formula is C16H15N3OS. The molecule has 106 valence electrons. The summed E-state index contributed by atoms with van der Waals surface area (Å²) in [5.74, 6) is 0.447. The Balaban J connectivity index is 1.85. The molecule has 3 rings (SSSR count). The van der Waals surface area contributed by atoms with E-state index in [9.17, 15) is 4.79 Å². The van der Waals surface area contributed by atoms with Gasteiger partial charge in [-0.05, 0) is 54.1 Å². The Bertz CT molecular complexity index is 782. The van der Waals surface area contributed by atoms with Crippen molar-refractivity contribution < 1.29 is 4.79 Å². The van der Waals surface area contributed by atoms with Gasteiger partial charge in [0, 0.05) is 23.1 Å². The van der Waals surface area contributed by atoms with Crippen molar-refractivity contribution in [1.82, 2.24) is 4.98 Å². The molecule has 4 nitrogen and oxygen atoms in total. The van der Waals surface area contributed by atoms with Gasteiger partial charge in [0.15, 0.2) is 0 Å². The average Bonchev–Trinajstić information content (AvgIpc) is 2.95. The molecule has 21 heavy (non-hydrogen) atoms. The minimum atomic E-state index is -0.159. The second-order valence-corrected chi connectivity index (χ2v) is 5.50. The Morgan fingerprint density at radius 2 is 2.19 bits per heavy atom. The number of carbonyl (C=O) groups is 1. The lowest BCUT2D eigenvalue weighted by Crippen LogP contribution is -2.15. The number of amides is 1. The van der Waals surface area contributed by atoms with E-state index in [2.05, 4.69) is 15.6 Å². The SMILES string of the molecule is CCNc1ncccc1C(=O)Nc1ccc2sccc2c1. The summed E-state index contributed by atoms with van der Waals surface area (Å²) < 4.78 is 1.21. The van der Waals surface area contributed by atoms with Crippen LogP contribution >= 0.6 is 11.3 Å². The predicted molar refractivity (Wildman–Crippen MR) is 88.2 cm³/mol. The lowest BCUT2D eigenvalue weighted by Gasteiger charge is -2.10. The average molecular weight is 297 g/mol. The topological polar surface area (TPSA) is 54.0 Å². The number of fused-ring (bicyclic) bond motifs is 1. The van der Waals surface area contributed by atoms with Crippen molar-refractivity contribution in [3.63, 3.8) is 0 Å². The van der Waals surface area contributed by atoms with Crippen molar-refractivity contribution in [2.45, 2.75) is 6.92 Å². The van der Waals surface area contributed by atoms with Crippen LogP contribution in [0.25, 0.3) is 10.1 Å². The van der Waals surface area contributed by atoms with E-state index in [1.54, 1.807) is 29.7 Å². The lowest BCUT2D eigenvalue weighted by molar-refractivity contribution is 0.102. The number of hydrogen-bond acceptors (Lipinski definition) is 4. The Morgan fingerprint density at radius 3 is 3.05 bits per heavy atom. The maximum Gasteiger partial charge on any atom is 0.259 e.